The Morgan fingerprint density at radius 1 is 1.15 bits per heavy atom. The molecule has 1 unspecified atom stereocenters. The van der Waals surface area contributed by atoms with E-state index < -0.39 is 0 Å². The molecule has 0 bridgehead atoms. The van der Waals surface area contributed by atoms with E-state index in [2.05, 4.69) is 60.2 Å². The first-order chi connectivity index (χ1) is 9.47. The first-order valence-electron chi connectivity index (χ1n) is 6.75. The van der Waals surface area contributed by atoms with Crippen molar-refractivity contribution in [3.05, 3.63) is 63.1 Å². The Hall–Kier alpha value is -1.32. The van der Waals surface area contributed by atoms with Gasteiger partial charge in [0, 0.05) is 12.6 Å². The molecule has 20 heavy (non-hydrogen) atoms. The topological polar surface area (TPSA) is 32.3 Å². The molecule has 0 aliphatic heterocycles. The van der Waals surface area contributed by atoms with Crippen LogP contribution in [0.1, 0.15) is 35.2 Å². The van der Waals surface area contributed by atoms with E-state index in [4.69, 9.17) is 0 Å². The van der Waals surface area contributed by atoms with Crippen LogP contribution in [-0.4, -0.2) is 5.11 Å². The largest absolute Gasteiger partial charge is 0.507 e. The molecule has 2 N–H and O–H groups in total. The molecule has 0 radical (unpaired) electrons. The molecule has 2 aromatic carbocycles. The fourth-order valence-corrected chi connectivity index (χ4v) is 2.69. The number of phenols is 1. The second kappa shape index (κ2) is 6.42. The van der Waals surface area contributed by atoms with Gasteiger partial charge in [-0.2, -0.15) is 0 Å². The molecule has 0 saturated carbocycles. The van der Waals surface area contributed by atoms with E-state index in [0.29, 0.717) is 6.04 Å². The Morgan fingerprint density at radius 2 is 1.90 bits per heavy atom. The van der Waals surface area contributed by atoms with Gasteiger partial charge in [0.25, 0.3) is 0 Å². The number of hydrogen-bond donors (Lipinski definition) is 2. The number of aromatic hydroxyl groups is 1. The van der Waals surface area contributed by atoms with Crippen molar-refractivity contribution in [1.29, 1.82) is 0 Å². The molecule has 0 heterocycles. The molecule has 0 saturated heterocycles. The quantitative estimate of drug-likeness (QED) is 0.855. The Labute approximate surface area is 129 Å². The molecule has 0 spiro atoms. The van der Waals surface area contributed by atoms with Crippen molar-refractivity contribution < 1.29 is 5.11 Å². The summed E-state index contributed by atoms with van der Waals surface area (Å²) in [7, 11) is 0. The second-order valence-corrected chi connectivity index (χ2v) is 6.10. The summed E-state index contributed by atoms with van der Waals surface area (Å²) in [5.41, 5.74) is 5.07. The Bertz CT molecular complexity index is 610. The monoisotopic (exact) mass is 333 g/mol. The summed E-state index contributed by atoms with van der Waals surface area (Å²) in [6.45, 7) is 7.21. The number of nitrogens with one attached hydrogen (secondary N) is 1. The normalized spacial score (nSPS) is 12.4. The minimum absolute atomic E-state index is 0.274. The zero-order chi connectivity index (χ0) is 14.7. The molecule has 0 aromatic heterocycles. The van der Waals surface area contributed by atoms with Crippen molar-refractivity contribution in [3.8, 4) is 5.75 Å². The Kier molecular flexibility index (Phi) is 4.84. The summed E-state index contributed by atoms with van der Waals surface area (Å²) in [5, 5.41) is 13.0. The van der Waals surface area contributed by atoms with Gasteiger partial charge in [0.1, 0.15) is 5.75 Å². The number of halogens is 1. The van der Waals surface area contributed by atoms with Crippen LogP contribution in [0.4, 0.5) is 0 Å². The summed E-state index contributed by atoms with van der Waals surface area (Å²) in [6.07, 6.45) is 0. The van der Waals surface area contributed by atoms with Crippen molar-refractivity contribution in [2.75, 3.05) is 0 Å². The van der Waals surface area contributed by atoms with Crippen molar-refractivity contribution >= 4 is 15.9 Å². The van der Waals surface area contributed by atoms with Gasteiger partial charge in [0.15, 0.2) is 0 Å². The summed E-state index contributed by atoms with van der Waals surface area (Å²) in [5.74, 6) is 0.274. The molecule has 0 amide bonds. The molecule has 0 fully saturated rings. The van der Waals surface area contributed by atoms with E-state index in [9.17, 15) is 5.11 Å². The summed E-state index contributed by atoms with van der Waals surface area (Å²) < 4.78 is 0.733. The van der Waals surface area contributed by atoms with Gasteiger partial charge in [-0.15, -0.1) is 0 Å². The third-order valence-corrected chi connectivity index (χ3v) is 4.16. The van der Waals surface area contributed by atoms with Gasteiger partial charge < -0.3 is 10.4 Å². The van der Waals surface area contributed by atoms with Crippen molar-refractivity contribution in [2.45, 2.75) is 33.4 Å². The van der Waals surface area contributed by atoms with E-state index in [-0.39, 0.29) is 5.75 Å². The predicted molar refractivity (Wildman–Crippen MR) is 87.0 cm³/mol. The molecule has 0 aliphatic rings. The van der Waals surface area contributed by atoms with Crippen LogP contribution in [-0.2, 0) is 6.54 Å². The maximum Gasteiger partial charge on any atom is 0.129 e. The second-order valence-electron chi connectivity index (χ2n) is 5.25. The Balaban J connectivity index is 2.06. The smallest absolute Gasteiger partial charge is 0.129 e. The summed E-state index contributed by atoms with van der Waals surface area (Å²) in [4.78, 5) is 0. The zero-order valence-corrected chi connectivity index (χ0v) is 13.7. The lowest BCUT2D eigenvalue weighted by Crippen LogP contribution is -2.19. The maximum absolute atomic E-state index is 9.50. The molecule has 2 rings (SSSR count). The lowest BCUT2D eigenvalue weighted by Gasteiger charge is -2.17. The fraction of sp³-hybridized carbons (Fsp3) is 0.294. The molecule has 0 aliphatic carbocycles. The number of phenolic OH excluding ortho intramolecular Hbond substituents is 1. The van der Waals surface area contributed by atoms with Gasteiger partial charge in [-0.1, -0.05) is 29.8 Å². The van der Waals surface area contributed by atoms with Crippen LogP contribution >= 0.6 is 15.9 Å². The van der Waals surface area contributed by atoms with E-state index in [0.717, 1.165) is 16.6 Å². The van der Waals surface area contributed by atoms with Gasteiger partial charge in [-0.05, 0) is 65.5 Å². The van der Waals surface area contributed by atoms with E-state index in [1.807, 2.05) is 12.1 Å². The van der Waals surface area contributed by atoms with Crippen LogP contribution < -0.4 is 5.32 Å². The van der Waals surface area contributed by atoms with Gasteiger partial charge in [0.2, 0.25) is 0 Å². The molecule has 1 atom stereocenters. The number of rotatable bonds is 4. The van der Waals surface area contributed by atoms with Gasteiger partial charge in [-0.25, -0.2) is 0 Å². The van der Waals surface area contributed by atoms with Crippen LogP contribution in [0.25, 0.3) is 0 Å². The first kappa shape index (κ1) is 15.1. The average molecular weight is 334 g/mol. The average Bonchev–Trinajstić information content (AvgIpc) is 2.42. The zero-order valence-electron chi connectivity index (χ0n) is 12.1. The fourth-order valence-electron chi connectivity index (χ4n) is 2.27. The SMILES string of the molecule is Cc1ccc(C)c(C(C)NCc2ccc(O)c(Br)c2)c1. The van der Waals surface area contributed by atoms with Crippen molar-refractivity contribution in [3.63, 3.8) is 0 Å². The molecule has 106 valence electrons. The molecular weight excluding hydrogens is 314 g/mol. The third-order valence-electron chi connectivity index (χ3n) is 3.53. The highest BCUT2D eigenvalue weighted by molar-refractivity contribution is 9.10. The minimum atomic E-state index is 0.274. The summed E-state index contributed by atoms with van der Waals surface area (Å²) in [6, 6.07) is 12.4. The van der Waals surface area contributed by atoms with E-state index in [1.165, 1.54) is 16.7 Å². The van der Waals surface area contributed by atoms with Crippen molar-refractivity contribution in [2.24, 2.45) is 0 Å². The van der Waals surface area contributed by atoms with Crippen LogP contribution in [0.15, 0.2) is 40.9 Å². The van der Waals surface area contributed by atoms with Crippen LogP contribution in [0, 0.1) is 13.8 Å². The van der Waals surface area contributed by atoms with Crippen molar-refractivity contribution in [1.82, 2.24) is 5.32 Å². The highest BCUT2D eigenvalue weighted by Gasteiger charge is 2.08. The number of aryl methyl sites for hydroxylation is 2. The molecular formula is C17H20BrNO. The van der Waals surface area contributed by atoms with E-state index in [1.54, 1.807) is 6.07 Å². The number of hydrogen-bond acceptors (Lipinski definition) is 2. The molecule has 2 nitrogen and oxygen atoms in total. The predicted octanol–water partition coefficient (Wildman–Crippen LogP) is 4.62. The summed E-state index contributed by atoms with van der Waals surface area (Å²) >= 11 is 3.34. The standard InChI is InChI=1S/C17H20BrNO/c1-11-4-5-12(2)15(8-11)13(3)19-10-14-6-7-17(20)16(18)9-14/h4-9,13,19-20H,10H2,1-3H3. The van der Waals surface area contributed by atoms with Crippen LogP contribution in [0.5, 0.6) is 5.75 Å². The number of benzene rings is 2. The lowest BCUT2D eigenvalue weighted by molar-refractivity contribution is 0.471. The van der Waals surface area contributed by atoms with E-state index >= 15 is 0 Å². The third kappa shape index (κ3) is 3.62. The highest BCUT2D eigenvalue weighted by atomic mass is 79.9. The lowest BCUT2D eigenvalue weighted by atomic mass is 10.00. The minimum Gasteiger partial charge on any atom is -0.507 e. The van der Waals surface area contributed by atoms with Crippen LogP contribution in [0.3, 0.4) is 0 Å². The first-order valence-corrected chi connectivity index (χ1v) is 7.54. The highest BCUT2D eigenvalue weighted by Crippen LogP contribution is 2.25. The van der Waals surface area contributed by atoms with Crippen LogP contribution in [0.2, 0.25) is 0 Å². The maximum atomic E-state index is 9.50. The Morgan fingerprint density at radius 3 is 2.60 bits per heavy atom. The molecule has 3 heteroatoms. The van der Waals surface area contributed by atoms with Gasteiger partial charge >= 0.3 is 0 Å². The molecule has 2 aromatic rings. The van der Waals surface area contributed by atoms with Gasteiger partial charge in [0.05, 0.1) is 4.47 Å². The van der Waals surface area contributed by atoms with Gasteiger partial charge in [-0.3, -0.25) is 0 Å².